The average Bonchev–Trinajstić information content (AvgIpc) is 2.64. The van der Waals surface area contributed by atoms with Crippen molar-refractivity contribution in [3.63, 3.8) is 0 Å². The molecule has 2 N–H and O–H groups in total. The van der Waals surface area contributed by atoms with Gasteiger partial charge in [-0.25, -0.2) is 5.43 Å². The van der Waals surface area contributed by atoms with Gasteiger partial charge in [0.25, 0.3) is 5.91 Å². The predicted octanol–water partition coefficient (Wildman–Crippen LogP) is 4.33. The van der Waals surface area contributed by atoms with Crippen molar-refractivity contribution in [2.24, 2.45) is 5.10 Å². The van der Waals surface area contributed by atoms with Crippen LogP contribution >= 0.6 is 0 Å². The van der Waals surface area contributed by atoms with Crippen LogP contribution in [0.1, 0.15) is 49.8 Å². The van der Waals surface area contributed by atoms with E-state index < -0.39 is 0 Å². The Labute approximate surface area is 172 Å². The maximum absolute atomic E-state index is 12.3. The minimum absolute atomic E-state index is 0.0879. The number of nitrogens with one attached hydrogen (secondary N) is 2. The van der Waals surface area contributed by atoms with Gasteiger partial charge in [-0.3, -0.25) is 9.59 Å². The number of hydrogen-bond acceptors (Lipinski definition) is 4. The molecule has 0 atom stereocenters. The highest BCUT2D eigenvalue weighted by molar-refractivity contribution is 6.06. The van der Waals surface area contributed by atoms with Gasteiger partial charge in [-0.1, -0.05) is 38.1 Å². The third-order valence-corrected chi connectivity index (χ3v) is 4.21. The van der Waals surface area contributed by atoms with Gasteiger partial charge >= 0.3 is 0 Å². The predicted molar refractivity (Wildman–Crippen MR) is 116 cm³/mol. The highest BCUT2D eigenvalue weighted by atomic mass is 16.5. The van der Waals surface area contributed by atoms with E-state index >= 15 is 0 Å². The summed E-state index contributed by atoms with van der Waals surface area (Å²) in [5.74, 6) is 0.383. The van der Waals surface area contributed by atoms with Crippen LogP contribution in [0.2, 0.25) is 0 Å². The molecule has 29 heavy (non-hydrogen) atoms. The third kappa shape index (κ3) is 7.41. The Morgan fingerprint density at radius 1 is 1.03 bits per heavy atom. The summed E-state index contributed by atoms with van der Waals surface area (Å²) in [5.41, 5.74) is 6.94. The molecular weight excluding hydrogens is 366 g/mol. The molecule has 0 unspecified atom stereocenters. The third-order valence-electron chi connectivity index (χ3n) is 4.21. The maximum Gasteiger partial charge on any atom is 0.277 e. The van der Waals surface area contributed by atoms with Gasteiger partial charge in [0.15, 0.2) is 6.61 Å². The number of hydrazone groups is 1. The van der Waals surface area contributed by atoms with Crippen molar-refractivity contribution in [2.75, 3.05) is 11.9 Å². The van der Waals surface area contributed by atoms with Crippen molar-refractivity contribution in [1.82, 2.24) is 5.43 Å². The molecule has 2 aromatic carbocycles. The fourth-order valence-electron chi connectivity index (χ4n) is 2.94. The smallest absolute Gasteiger partial charge is 0.277 e. The van der Waals surface area contributed by atoms with Crippen LogP contribution in [-0.4, -0.2) is 24.1 Å². The van der Waals surface area contributed by atoms with E-state index in [-0.39, 0.29) is 24.8 Å². The number of nitrogens with zero attached hydrogens (tertiary/aromatic N) is 1. The molecule has 0 aromatic heterocycles. The monoisotopic (exact) mass is 395 g/mol. The lowest BCUT2D eigenvalue weighted by molar-refractivity contribution is -0.123. The minimum atomic E-state index is -0.380. The van der Waals surface area contributed by atoms with Crippen LogP contribution in [0.25, 0.3) is 0 Å². The molecule has 0 radical (unpaired) electrons. The molecule has 0 heterocycles. The number of hydrogen-bond donors (Lipinski definition) is 2. The summed E-state index contributed by atoms with van der Waals surface area (Å²) >= 11 is 0. The van der Waals surface area contributed by atoms with Gasteiger partial charge < -0.3 is 10.1 Å². The van der Waals surface area contributed by atoms with E-state index in [9.17, 15) is 9.59 Å². The summed E-state index contributed by atoms with van der Waals surface area (Å²) < 4.78 is 5.50. The molecule has 0 aliphatic carbocycles. The normalized spacial score (nSPS) is 11.3. The highest BCUT2D eigenvalue weighted by Gasteiger charge is 2.10. The molecule has 0 spiro atoms. The number of para-hydroxylation sites is 1. The van der Waals surface area contributed by atoms with Crippen molar-refractivity contribution < 1.29 is 14.3 Å². The SMILES string of the molecule is CC(CC(=O)Nc1ccccc1C(C)C)=NNC(=O)COc1cc(C)cc(C)c1. The van der Waals surface area contributed by atoms with Gasteiger partial charge in [0, 0.05) is 11.4 Å². The molecule has 2 rings (SSSR count). The first-order valence-corrected chi connectivity index (χ1v) is 9.66. The number of rotatable bonds is 8. The van der Waals surface area contributed by atoms with E-state index in [1.807, 2.05) is 56.3 Å². The van der Waals surface area contributed by atoms with Crippen molar-refractivity contribution in [2.45, 2.75) is 47.0 Å². The number of anilines is 1. The second-order valence-corrected chi connectivity index (χ2v) is 7.46. The summed E-state index contributed by atoms with van der Waals surface area (Å²) in [4.78, 5) is 24.2. The number of carbonyl (C=O) groups is 2. The molecular formula is C23H29N3O3. The standard InChI is InChI=1S/C23H29N3O3/c1-15(2)20-8-6-7-9-21(20)24-22(27)13-18(5)25-26-23(28)14-29-19-11-16(3)10-17(4)12-19/h6-12,15H,13-14H2,1-5H3,(H,24,27)(H,26,28). The molecule has 6 heteroatoms. The van der Waals surface area contributed by atoms with Gasteiger partial charge in [-0.05, 0) is 61.6 Å². The van der Waals surface area contributed by atoms with Crippen molar-refractivity contribution >= 4 is 23.2 Å². The maximum atomic E-state index is 12.3. The lowest BCUT2D eigenvalue weighted by Gasteiger charge is -2.13. The molecule has 0 fully saturated rings. The number of amides is 2. The molecule has 0 aliphatic rings. The van der Waals surface area contributed by atoms with Crippen LogP contribution in [0.5, 0.6) is 5.75 Å². The van der Waals surface area contributed by atoms with E-state index in [2.05, 4.69) is 29.7 Å². The molecule has 0 bridgehead atoms. The van der Waals surface area contributed by atoms with Crippen LogP contribution in [-0.2, 0) is 9.59 Å². The summed E-state index contributed by atoms with van der Waals surface area (Å²) in [5, 5.41) is 6.90. The molecule has 0 saturated carbocycles. The van der Waals surface area contributed by atoms with E-state index in [0.717, 1.165) is 22.4 Å². The van der Waals surface area contributed by atoms with Crippen LogP contribution in [0.3, 0.4) is 0 Å². The van der Waals surface area contributed by atoms with Gasteiger partial charge in [0.2, 0.25) is 5.91 Å². The molecule has 6 nitrogen and oxygen atoms in total. The first kappa shape index (κ1) is 22.1. The fourth-order valence-corrected chi connectivity index (χ4v) is 2.94. The van der Waals surface area contributed by atoms with Gasteiger partial charge in [-0.15, -0.1) is 0 Å². The zero-order valence-corrected chi connectivity index (χ0v) is 17.7. The Balaban J connectivity index is 1.83. The Morgan fingerprint density at radius 3 is 2.34 bits per heavy atom. The van der Waals surface area contributed by atoms with Crippen LogP contribution in [0.15, 0.2) is 47.6 Å². The lowest BCUT2D eigenvalue weighted by Crippen LogP contribution is -2.26. The number of benzene rings is 2. The Morgan fingerprint density at radius 2 is 1.69 bits per heavy atom. The zero-order valence-electron chi connectivity index (χ0n) is 17.7. The largest absolute Gasteiger partial charge is 0.484 e. The molecule has 2 aromatic rings. The molecule has 0 saturated heterocycles. The van der Waals surface area contributed by atoms with Crippen LogP contribution in [0.4, 0.5) is 5.69 Å². The van der Waals surface area contributed by atoms with Crippen LogP contribution < -0.4 is 15.5 Å². The summed E-state index contributed by atoms with van der Waals surface area (Å²) in [6.07, 6.45) is 0.0879. The minimum Gasteiger partial charge on any atom is -0.484 e. The Hall–Kier alpha value is -3.15. The molecule has 2 amide bonds. The van der Waals surface area contributed by atoms with Crippen LogP contribution in [0, 0.1) is 13.8 Å². The van der Waals surface area contributed by atoms with Crippen molar-refractivity contribution in [3.05, 3.63) is 59.2 Å². The Kier molecular flexibility index (Phi) is 7.95. The van der Waals surface area contributed by atoms with E-state index in [0.29, 0.717) is 17.4 Å². The first-order chi connectivity index (χ1) is 13.7. The second kappa shape index (κ2) is 10.4. The van der Waals surface area contributed by atoms with E-state index in [1.54, 1.807) is 6.92 Å². The summed E-state index contributed by atoms with van der Waals surface area (Å²) in [6, 6.07) is 13.5. The van der Waals surface area contributed by atoms with Crippen molar-refractivity contribution in [1.29, 1.82) is 0 Å². The number of aryl methyl sites for hydroxylation is 2. The first-order valence-electron chi connectivity index (χ1n) is 9.66. The number of carbonyl (C=O) groups excluding carboxylic acids is 2. The fraction of sp³-hybridized carbons (Fsp3) is 0.348. The van der Waals surface area contributed by atoms with E-state index in [1.165, 1.54) is 0 Å². The van der Waals surface area contributed by atoms with E-state index in [4.69, 9.17) is 4.74 Å². The number of ether oxygens (including phenoxy) is 1. The van der Waals surface area contributed by atoms with Gasteiger partial charge in [-0.2, -0.15) is 5.10 Å². The second-order valence-electron chi connectivity index (χ2n) is 7.46. The molecule has 0 aliphatic heterocycles. The topological polar surface area (TPSA) is 79.8 Å². The summed E-state index contributed by atoms with van der Waals surface area (Å²) in [7, 11) is 0. The Bertz CT molecular complexity index is 884. The quantitative estimate of drug-likeness (QED) is 0.516. The zero-order chi connectivity index (χ0) is 21.4. The molecule has 154 valence electrons. The lowest BCUT2D eigenvalue weighted by atomic mass is 10.0. The van der Waals surface area contributed by atoms with Gasteiger partial charge in [0.05, 0.1) is 6.42 Å². The summed E-state index contributed by atoms with van der Waals surface area (Å²) in [6.45, 7) is 9.64. The highest BCUT2D eigenvalue weighted by Crippen LogP contribution is 2.23. The van der Waals surface area contributed by atoms with Crippen molar-refractivity contribution in [3.8, 4) is 5.75 Å². The average molecular weight is 396 g/mol. The van der Waals surface area contributed by atoms with Gasteiger partial charge in [0.1, 0.15) is 5.75 Å².